The molecule has 3 aromatic rings. The van der Waals surface area contributed by atoms with Crippen LogP contribution in [0.2, 0.25) is 10.0 Å². The number of aromatic amines is 1. The number of nitro benzene ring substituents is 1. The van der Waals surface area contributed by atoms with Gasteiger partial charge in [-0.3, -0.25) is 15.4 Å². The Hall–Kier alpha value is -2.84. The van der Waals surface area contributed by atoms with Crippen LogP contribution < -0.4 is 5.32 Å². The summed E-state index contributed by atoms with van der Waals surface area (Å²) in [6.07, 6.45) is -1.49. The van der Waals surface area contributed by atoms with Crippen molar-refractivity contribution in [2.45, 2.75) is 13.0 Å². The highest BCUT2D eigenvalue weighted by Gasteiger charge is 2.20. The normalized spacial score (nSPS) is 12.0. The number of carbonyl (C=O) groups excluding carboxylic acids is 1. The van der Waals surface area contributed by atoms with Gasteiger partial charge >= 0.3 is 6.09 Å². The number of H-pyrrole nitrogens is 1. The summed E-state index contributed by atoms with van der Waals surface area (Å²) in [5.74, 6) is 0.290. The number of nitrogens with zero attached hydrogens (tertiary/aromatic N) is 2. The summed E-state index contributed by atoms with van der Waals surface area (Å²) in [5, 5.41) is 14.2. The summed E-state index contributed by atoms with van der Waals surface area (Å²) in [6, 6.07) is 9.16. The van der Waals surface area contributed by atoms with Crippen molar-refractivity contribution in [3.8, 4) is 0 Å². The number of imidazole rings is 1. The third-order valence-electron chi connectivity index (χ3n) is 3.54. The predicted octanol–water partition coefficient (Wildman–Crippen LogP) is 5.09. The molecule has 0 fully saturated rings. The van der Waals surface area contributed by atoms with E-state index in [0.29, 0.717) is 27.1 Å². The molecule has 0 bridgehead atoms. The van der Waals surface area contributed by atoms with Gasteiger partial charge < -0.3 is 9.72 Å². The lowest BCUT2D eigenvalue weighted by Gasteiger charge is -2.12. The topological polar surface area (TPSA) is 110 Å². The van der Waals surface area contributed by atoms with E-state index in [1.807, 2.05) is 0 Å². The van der Waals surface area contributed by atoms with Crippen molar-refractivity contribution in [3.63, 3.8) is 0 Å². The Kier molecular flexibility index (Phi) is 4.97. The van der Waals surface area contributed by atoms with Gasteiger partial charge in [-0.05, 0) is 31.2 Å². The van der Waals surface area contributed by atoms with Gasteiger partial charge in [0.15, 0.2) is 11.6 Å². The second-order valence-electron chi connectivity index (χ2n) is 5.35. The summed E-state index contributed by atoms with van der Waals surface area (Å²) >= 11 is 11.7. The zero-order chi connectivity index (χ0) is 18.8. The number of benzene rings is 2. The summed E-state index contributed by atoms with van der Waals surface area (Å²) in [6.45, 7) is 1.60. The van der Waals surface area contributed by atoms with E-state index in [1.165, 1.54) is 12.1 Å². The first-order chi connectivity index (χ1) is 12.3. The Bertz CT molecular complexity index is 1010. The lowest BCUT2D eigenvalue weighted by molar-refractivity contribution is -0.383. The van der Waals surface area contributed by atoms with Gasteiger partial charge in [0, 0.05) is 11.8 Å². The van der Waals surface area contributed by atoms with Crippen molar-refractivity contribution in [1.82, 2.24) is 9.97 Å². The molecule has 1 heterocycles. The Labute approximate surface area is 157 Å². The molecule has 0 aliphatic heterocycles. The summed E-state index contributed by atoms with van der Waals surface area (Å²) in [5.41, 5.74) is 0.969. The van der Waals surface area contributed by atoms with Crippen LogP contribution >= 0.6 is 23.2 Å². The van der Waals surface area contributed by atoms with Crippen LogP contribution in [0.15, 0.2) is 36.4 Å². The number of carbonyl (C=O) groups is 1. The van der Waals surface area contributed by atoms with Crippen LogP contribution in [0.5, 0.6) is 0 Å². The number of hydrogen-bond donors (Lipinski definition) is 2. The number of hydrogen-bond acceptors (Lipinski definition) is 5. The second kappa shape index (κ2) is 7.19. The number of nitro groups is 1. The zero-order valence-electron chi connectivity index (χ0n) is 13.3. The van der Waals surface area contributed by atoms with Crippen LogP contribution in [0.3, 0.4) is 0 Å². The average Bonchev–Trinajstić information content (AvgIpc) is 3.02. The predicted molar refractivity (Wildman–Crippen MR) is 97.7 cm³/mol. The molecule has 0 radical (unpaired) electrons. The number of amides is 1. The molecule has 0 spiro atoms. The van der Waals surface area contributed by atoms with Gasteiger partial charge in [-0.15, -0.1) is 0 Å². The van der Waals surface area contributed by atoms with E-state index in [0.717, 1.165) is 0 Å². The van der Waals surface area contributed by atoms with Crippen molar-refractivity contribution in [2.24, 2.45) is 0 Å². The van der Waals surface area contributed by atoms with Crippen LogP contribution in [0.25, 0.3) is 11.0 Å². The van der Waals surface area contributed by atoms with Gasteiger partial charge in [0.2, 0.25) is 0 Å². The van der Waals surface area contributed by atoms with Gasteiger partial charge in [0.05, 0.1) is 20.5 Å². The van der Waals surface area contributed by atoms with E-state index < -0.39 is 17.1 Å². The molecule has 3 rings (SSSR count). The Morgan fingerprint density at radius 1 is 1.31 bits per heavy atom. The number of anilines is 1. The molecular weight excluding hydrogens is 383 g/mol. The molecule has 0 aliphatic rings. The third-order valence-corrected chi connectivity index (χ3v) is 4.28. The molecule has 0 saturated heterocycles. The van der Waals surface area contributed by atoms with E-state index in [2.05, 4.69) is 15.3 Å². The first-order valence-electron chi connectivity index (χ1n) is 7.41. The summed E-state index contributed by atoms with van der Waals surface area (Å²) < 4.78 is 5.25. The van der Waals surface area contributed by atoms with Gasteiger partial charge in [0.1, 0.15) is 5.82 Å². The first kappa shape index (κ1) is 18.0. The van der Waals surface area contributed by atoms with Crippen molar-refractivity contribution in [3.05, 3.63) is 62.4 Å². The minimum atomic E-state index is -0.759. The van der Waals surface area contributed by atoms with E-state index in [4.69, 9.17) is 27.9 Å². The fourth-order valence-corrected chi connectivity index (χ4v) is 2.61. The molecule has 0 unspecified atom stereocenters. The molecule has 134 valence electrons. The van der Waals surface area contributed by atoms with Crippen LogP contribution in [0.4, 0.5) is 16.2 Å². The number of non-ortho nitro benzene ring substituents is 1. The highest BCUT2D eigenvalue weighted by atomic mass is 35.5. The minimum Gasteiger partial charge on any atom is -0.438 e. The molecular formula is C16H12Cl2N4O4. The van der Waals surface area contributed by atoms with E-state index in [1.54, 1.807) is 31.2 Å². The maximum atomic E-state index is 12.0. The highest BCUT2D eigenvalue weighted by Crippen LogP contribution is 2.27. The van der Waals surface area contributed by atoms with Crippen LogP contribution in [-0.2, 0) is 4.74 Å². The van der Waals surface area contributed by atoms with Crippen molar-refractivity contribution in [2.75, 3.05) is 5.32 Å². The average molecular weight is 395 g/mol. The third kappa shape index (κ3) is 3.71. The number of ether oxygens (including phenoxy) is 1. The van der Waals surface area contributed by atoms with E-state index in [9.17, 15) is 14.9 Å². The molecule has 1 aromatic heterocycles. The zero-order valence-corrected chi connectivity index (χ0v) is 14.8. The SMILES string of the molecule is C[C@H](OC(=O)Nc1ccc(Cl)c(Cl)c1)c1nc2c([N+](=O)[O-])cccc2[nH]1. The quantitative estimate of drug-likeness (QED) is 0.472. The molecule has 2 aromatic carbocycles. The maximum Gasteiger partial charge on any atom is 0.412 e. The smallest absolute Gasteiger partial charge is 0.412 e. The lowest BCUT2D eigenvalue weighted by atomic mass is 10.3. The monoisotopic (exact) mass is 394 g/mol. The van der Waals surface area contributed by atoms with Crippen molar-refractivity contribution < 1.29 is 14.5 Å². The van der Waals surface area contributed by atoms with Crippen LogP contribution in [-0.4, -0.2) is 21.0 Å². The van der Waals surface area contributed by atoms with Gasteiger partial charge in [0.25, 0.3) is 5.69 Å². The maximum absolute atomic E-state index is 12.0. The lowest BCUT2D eigenvalue weighted by Crippen LogP contribution is -2.16. The van der Waals surface area contributed by atoms with Crippen molar-refractivity contribution >= 4 is 51.7 Å². The number of para-hydroxylation sites is 1. The van der Waals surface area contributed by atoms with Gasteiger partial charge in [-0.25, -0.2) is 9.78 Å². The number of nitrogens with one attached hydrogen (secondary N) is 2. The first-order valence-corrected chi connectivity index (χ1v) is 8.16. The Morgan fingerprint density at radius 3 is 2.77 bits per heavy atom. The Balaban J connectivity index is 1.75. The number of halogens is 2. The molecule has 0 aliphatic carbocycles. The van der Waals surface area contributed by atoms with Crippen LogP contribution in [0.1, 0.15) is 18.9 Å². The second-order valence-corrected chi connectivity index (χ2v) is 6.17. The molecule has 2 N–H and O–H groups in total. The molecule has 1 atom stereocenters. The van der Waals surface area contributed by atoms with Gasteiger partial charge in [-0.1, -0.05) is 29.3 Å². The van der Waals surface area contributed by atoms with Crippen molar-refractivity contribution in [1.29, 1.82) is 0 Å². The summed E-state index contributed by atoms with van der Waals surface area (Å²) in [7, 11) is 0. The standard InChI is InChI=1S/C16H12Cl2N4O4/c1-8(26-16(23)19-9-5-6-10(17)11(18)7-9)15-20-12-3-2-4-13(22(24)25)14(12)21-15/h2-8H,1H3,(H,19,23)(H,20,21)/t8-/m0/s1. The fraction of sp³-hybridized carbons (Fsp3) is 0.125. The highest BCUT2D eigenvalue weighted by molar-refractivity contribution is 6.42. The Morgan fingerprint density at radius 2 is 2.08 bits per heavy atom. The van der Waals surface area contributed by atoms with Gasteiger partial charge in [-0.2, -0.15) is 0 Å². The van der Waals surface area contributed by atoms with E-state index in [-0.39, 0.29) is 11.2 Å². The molecule has 8 nitrogen and oxygen atoms in total. The summed E-state index contributed by atoms with van der Waals surface area (Å²) in [4.78, 5) is 29.7. The van der Waals surface area contributed by atoms with E-state index >= 15 is 0 Å². The molecule has 10 heteroatoms. The largest absolute Gasteiger partial charge is 0.438 e. The molecule has 26 heavy (non-hydrogen) atoms. The van der Waals surface area contributed by atoms with Crippen LogP contribution in [0, 0.1) is 10.1 Å². The number of fused-ring (bicyclic) bond motifs is 1. The number of rotatable bonds is 4. The molecule has 0 saturated carbocycles. The molecule has 1 amide bonds. The fourth-order valence-electron chi connectivity index (χ4n) is 2.31. The minimum absolute atomic E-state index is 0.127. The number of aromatic nitrogens is 2.